The Bertz CT molecular complexity index is 782. The molecule has 1 saturated heterocycles. The van der Waals surface area contributed by atoms with E-state index in [-0.39, 0.29) is 16.6 Å². The molecule has 3 rings (SSSR count). The summed E-state index contributed by atoms with van der Waals surface area (Å²) in [5.74, 6) is -2.66. The molecule has 1 aliphatic heterocycles. The highest BCUT2D eigenvalue weighted by Crippen LogP contribution is 2.68. The molecule has 1 aliphatic carbocycles. The zero-order chi connectivity index (χ0) is 20.5. The molecule has 0 unspecified atom stereocenters. The van der Waals surface area contributed by atoms with Gasteiger partial charge in [0.25, 0.3) is 0 Å². The van der Waals surface area contributed by atoms with E-state index < -0.39 is 12.1 Å². The van der Waals surface area contributed by atoms with Gasteiger partial charge in [-0.25, -0.2) is 4.79 Å². The molecule has 2 atom stereocenters. The first-order chi connectivity index (χ1) is 12.4. The van der Waals surface area contributed by atoms with Gasteiger partial charge >= 0.3 is 12.1 Å². The van der Waals surface area contributed by atoms with E-state index in [2.05, 4.69) is 17.5 Å². The minimum absolute atomic E-state index is 0.0497. The van der Waals surface area contributed by atoms with E-state index in [1.807, 2.05) is 12.1 Å². The predicted octanol–water partition coefficient (Wildman–Crippen LogP) is 4.39. The van der Waals surface area contributed by atoms with Crippen molar-refractivity contribution in [3.05, 3.63) is 46.0 Å². The molecule has 0 amide bonds. The van der Waals surface area contributed by atoms with Crippen LogP contribution in [0.4, 0.5) is 13.2 Å². The van der Waals surface area contributed by atoms with Crippen molar-refractivity contribution in [3.63, 3.8) is 0 Å². The van der Waals surface area contributed by atoms with Gasteiger partial charge in [0.2, 0.25) is 0 Å². The van der Waals surface area contributed by atoms with E-state index in [9.17, 15) is 18.0 Å². The van der Waals surface area contributed by atoms with Crippen LogP contribution in [-0.2, 0) is 15.0 Å². The van der Waals surface area contributed by atoms with Crippen LogP contribution in [0.15, 0.2) is 30.4 Å². The van der Waals surface area contributed by atoms with E-state index in [0.717, 1.165) is 25.9 Å². The Hall–Kier alpha value is -1.57. The summed E-state index contributed by atoms with van der Waals surface area (Å²) in [6.45, 7) is 3.50. The fraction of sp³-hybridized carbons (Fsp3) is 0.444. The number of rotatable bonds is 3. The Labute approximate surface area is 164 Å². The lowest BCUT2D eigenvalue weighted by Gasteiger charge is -2.30. The molecular weight excluding hydrogens is 406 g/mol. The van der Waals surface area contributed by atoms with E-state index in [0.29, 0.717) is 10.0 Å². The third kappa shape index (κ3) is 4.65. The molecule has 0 bridgehead atoms. The van der Waals surface area contributed by atoms with Gasteiger partial charge in [-0.1, -0.05) is 35.3 Å². The Morgan fingerprint density at radius 2 is 1.89 bits per heavy atom. The van der Waals surface area contributed by atoms with Crippen molar-refractivity contribution in [2.24, 2.45) is 5.41 Å². The molecule has 1 aromatic rings. The summed E-state index contributed by atoms with van der Waals surface area (Å²) in [4.78, 5) is 20.1. The summed E-state index contributed by atoms with van der Waals surface area (Å²) in [6.07, 6.45) is 0.832. The van der Waals surface area contributed by atoms with Gasteiger partial charge in [0.05, 0.1) is 10.0 Å². The topological polar surface area (TPSA) is 66.4 Å². The second-order valence-corrected chi connectivity index (χ2v) is 7.53. The quantitative estimate of drug-likeness (QED) is 0.707. The fourth-order valence-corrected chi connectivity index (χ4v) is 3.86. The van der Waals surface area contributed by atoms with Gasteiger partial charge < -0.3 is 10.4 Å². The highest BCUT2D eigenvalue weighted by Gasteiger charge is 2.67. The molecule has 1 aromatic carbocycles. The largest absolute Gasteiger partial charge is 0.490 e. The molecule has 27 heavy (non-hydrogen) atoms. The van der Waals surface area contributed by atoms with Gasteiger partial charge in [-0.2, -0.15) is 13.2 Å². The third-order valence-electron chi connectivity index (χ3n) is 4.97. The van der Waals surface area contributed by atoms with E-state index in [1.54, 1.807) is 13.0 Å². The predicted molar refractivity (Wildman–Crippen MR) is 96.2 cm³/mol. The van der Waals surface area contributed by atoms with Crippen LogP contribution in [-0.4, -0.2) is 36.1 Å². The molecule has 1 heterocycles. The van der Waals surface area contributed by atoms with Crippen molar-refractivity contribution in [2.75, 3.05) is 13.1 Å². The summed E-state index contributed by atoms with van der Waals surface area (Å²) >= 11 is 12.2. The van der Waals surface area contributed by atoms with Gasteiger partial charge in [0.1, 0.15) is 0 Å². The maximum Gasteiger partial charge on any atom is 0.490 e. The molecule has 0 radical (unpaired) electrons. The number of alkyl halides is 3. The van der Waals surface area contributed by atoms with Gasteiger partial charge in [-0.15, -0.1) is 0 Å². The highest BCUT2D eigenvalue weighted by atomic mass is 35.5. The molecule has 148 valence electrons. The average Bonchev–Trinajstić information content (AvgIpc) is 3.26. The first kappa shape index (κ1) is 21.7. The van der Waals surface area contributed by atoms with Crippen molar-refractivity contribution >= 4 is 35.0 Å². The smallest absolute Gasteiger partial charge is 0.475 e. The summed E-state index contributed by atoms with van der Waals surface area (Å²) < 4.78 is 31.7. The van der Waals surface area contributed by atoms with Crippen molar-refractivity contribution in [1.82, 2.24) is 5.32 Å². The van der Waals surface area contributed by atoms with E-state index in [1.165, 1.54) is 5.56 Å². The molecule has 9 heteroatoms. The van der Waals surface area contributed by atoms with Crippen molar-refractivity contribution in [1.29, 1.82) is 0 Å². The normalized spacial score (nSPS) is 26.7. The van der Waals surface area contributed by atoms with Crippen molar-refractivity contribution in [2.45, 2.75) is 31.4 Å². The standard InChI is InChI=1S/C16H17Cl2NO.C2HF3O2/c1-11(20)4-5-15-9-16(15,6-7-19-10-15)12-2-3-13(17)14(18)8-12;3-2(4,5)1(6)7/h2-5,8,19H,6-7,9-10H2,1H3;(H,6,7)/b5-4+;/t15-,16-;/m1./s1. The number of carbonyl (C=O) groups excluding carboxylic acids is 1. The summed E-state index contributed by atoms with van der Waals surface area (Å²) in [6, 6.07) is 5.93. The van der Waals surface area contributed by atoms with Crippen LogP contribution >= 0.6 is 23.2 Å². The number of aliphatic carboxylic acids is 1. The third-order valence-corrected chi connectivity index (χ3v) is 5.71. The molecular formula is C18H18Cl2F3NO3. The summed E-state index contributed by atoms with van der Waals surface area (Å²) in [5.41, 5.74) is 1.40. The zero-order valence-corrected chi connectivity index (χ0v) is 15.9. The number of carboxylic acid groups (broad SMARTS) is 1. The Morgan fingerprint density at radius 1 is 1.26 bits per heavy atom. The lowest BCUT2D eigenvalue weighted by atomic mass is 9.80. The van der Waals surface area contributed by atoms with Crippen LogP contribution in [0.1, 0.15) is 25.3 Å². The second-order valence-electron chi connectivity index (χ2n) is 6.72. The molecule has 2 N–H and O–H groups in total. The molecule has 0 aromatic heterocycles. The highest BCUT2D eigenvalue weighted by molar-refractivity contribution is 6.42. The molecule has 0 spiro atoms. The molecule has 4 nitrogen and oxygen atoms in total. The van der Waals surface area contributed by atoms with E-state index >= 15 is 0 Å². The number of halogens is 5. The first-order valence-corrected chi connectivity index (χ1v) is 8.85. The van der Waals surface area contributed by atoms with Gasteiger partial charge in [-0.3, -0.25) is 4.79 Å². The number of fused-ring (bicyclic) bond motifs is 1. The van der Waals surface area contributed by atoms with Crippen LogP contribution in [0, 0.1) is 5.41 Å². The van der Waals surface area contributed by atoms with Crippen molar-refractivity contribution in [3.8, 4) is 0 Å². The number of piperidine rings is 1. The monoisotopic (exact) mass is 423 g/mol. The lowest BCUT2D eigenvalue weighted by Crippen LogP contribution is -2.37. The molecule has 2 fully saturated rings. The van der Waals surface area contributed by atoms with Crippen LogP contribution in [0.2, 0.25) is 10.0 Å². The number of hydrogen-bond acceptors (Lipinski definition) is 3. The second kappa shape index (κ2) is 7.81. The number of allylic oxidation sites excluding steroid dienone is 1. The van der Waals surface area contributed by atoms with Crippen LogP contribution in [0.25, 0.3) is 0 Å². The molecule has 2 aliphatic rings. The minimum Gasteiger partial charge on any atom is -0.475 e. The van der Waals surface area contributed by atoms with Crippen LogP contribution in [0.3, 0.4) is 0 Å². The number of carboxylic acids is 1. The maximum atomic E-state index is 11.2. The average molecular weight is 424 g/mol. The van der Waals surface area contributed by atoms with Gasteiger partial charge in [-0.05, 0) is 50.1 Å². The minimum atomic E-state index is -5.08. The number of hydrogen-bond donors (Lipinski definition) is 2. The number of ketones is 1. The SMILES string of the molecule is CC(=O)/C=C/[C@@]12CNCC[C@]1(c1ccc(Cl)c(Cl)c1)C2.O=C(O)C(F)(F)F. The Balaban J connectivity index is 0.000000321. The Kier molecular flexibility index (Phi) is 6.29. The summed E-state index contributed by atoms with van der Waals surface area (Å²) in [7, 11) is 0. The number of carbonyl (C=O) groups is 2. The molecule has 1 saturated carbocycles. The van der Waals surface area contributed by atoms with Gasteiger partial charge in [0, 0.05) is 17.4 Å². The Morgan fingerprint density at radius 3 is 2.41 bits per heavy atom. The fourth-order valence-electron chi connectivity index (χ4n) is 3.56. The first-order valence-electron chi connectivity index (χ1n) is 8.10. The maximum absolute atomic E-state index is 11.2. The van der Waals surface area contributed by atoms with E-state index in [4.69, 9.17) is 33.1 Å². The van der Waals surface area contributed by atoms with Crippen LogP contribution < -0.4 is 5.32 Å². The van der Waals surface area contributed by atoms with Gasteiger partial charge in [0.15, 0.2) is 5.78 Å². The lowest BCUT2D eigenvalue weighted by molar-refractivity contribution is -0.192. The number of nitrogens with one attached hydrogen (secondary N) is 1. The van der Waals surface area contributed by atoms with Crippen LogP contribution in [0.5, 0.6) is 0 Å². The van der Waals surface area contributed by atoms with Crippen molar-refractivity contribution < 1.29 is 27.9 Å². The zero-order valence-electron chi connectivity index (χ0n) is 14.4. The number of benzene rings is 1. The summed E-state index contributed by atoms with van der Waals surface area (Å²) in [5, 5.41) is 11.8.